The highest BCUT2D eigenvalue weighted by Crippen LogP contribution is 2.28. The first-order chi connectivity index (χ1) is 7.38. The van der Waals surface area contributed by atoms with E-state index < -0.39 is 12.6 Å². The van der Waals surface area contributed by atoms with Crippen molar-refractivity contribution in [3.8, 4) is 0 Å². The molecule has 0 radical (unpaired) electrons. The lowest BCUT2D eigenvalue weighted by molar-refractivity contribution is -0.135. The lowest BCUT2D eigenvalue weighted by Gasteiger charge is -2.33. The van der Waals surface area contributed by atoms with Crippen LogP contribution in [0.25, 0.3) is 0 Å². The Balaban J connectivity index is 2.16. The second-order valence-corrected chi connectivity index (χ2v) is 5.17. The zero-order chi connectivity index (χ0) is 12.2. The Morgan fingerprint density at radius 3 is 2.50 bits per heavy atom. The molecular formula is C12H22F3N. The molecule has 0 aliphatic heterocycles. The standard InChI is InChI=1S/C12H22F3N/c1-9-4-5-10(2)11(8-9)16-7-3-6-12(13,14)15/h9-11,16H,3-8H2,1-2H3. The summed E-state index contributed by atoms with van der Waals surface area (Å²) >= 11 is 0. The summed E-state index contributed by atoms with van der Waals surface area (Å²) in [7, 11) is 0. The van der Waals surface area contributed by atoms with Gasteiger partial charge in [0.25, 0.3) is 0 Å². The van der Waals surface area contributed by atoms with Crippen molar-refractivity contribution in [3.63, 3.8) is 0 Å². The third-order valence-corrected chi connectivity index (χ3v) is 3.50. The van der Waals surface area contributed by atoms with Crippen molar-refractivity contribution in [2.24, 2.45) is 11.8 Å². The molecule has 0 heterocycles. The van der Waals surface area contributed by atoms with Gasteiger partial charge in [0.2, 0.25) is 0 Å². The Morgan fingerprint density at radius 1 is 1.19 bits per heavy atom. The van der Waals surface area contributed by atoms with E-state index in [1.807, 2.05) is 0 Å². The van der Waals surface area contributed by atoms with Gasteiger partial charge in [0.05, 0.1) is 0 Å². The van der Waals surface area contributed by atoms with Crippen LogP contribution in [0.3, 0.4) is 0 Å². The van der Waals surface area contributed by atoms with Gasteiger partial charge in [0.1, 0.15) is 0 Å². The van der Waals surface area contributed by atoms with Gasteiger partial charge in [0.15, 0.2) is 0 Å². The van der Waals surface area contributed by atoms with Gasteiger partial charge in [-0.05, 0) is 37.6 Å². The lowest BCUT2D eigenvalue weighted by atomic mass is 9.80. The highest BCUT2D eigenvalue weighted by Gasteiger charge is 2.27. The minimum absolute atomic E-state index is 0.196. The molecule has 1 saturated carbocycles. The summed E-state index contributed by atoms with van der Waals surface area (Å²) in [6.07, 6.45) is -0.932. The van der Waals surface area contributed by atoms with Crippen LogP contribution in [-0.4, -0.2) is 18.8 Å². The minimum Gasteiger partial charge on any atom is -0.314 e. The molecule has 1 nitrogen and oxygen atoms in total. The Morgan fingerprint density at radius 2 is 1.88 bits per heavy atom. The number of hydrogen-bond acceptors (Lipinski definition) is 1. The van der Waals surface area contributed by atoms with E-state index in [0.29, 0.717) is 24.4 Å². The largest absolute Gasteiger partial charge is 0.389 e. The first kappa shape index (κ1) is 13.8. The van der Waals surface area contributed by atoms with E-state index in [4.69, 9.17) is 0 Å². The Kier molecular flexibility index (Phi) is 5.09. The van der Waals surface area contributed by atoms with E-state index in [-0.39, 0.29) is 6.42 Å². The number of alkyl halides is 3. The van der Waals surface area contributed by atoms with Crippen molar-refractivity contribution in [1.82, 2.24) is 5.32 Å². The number of rotatable bonds is 4. The van der Waals surface area contributed by atoms with Crippen molar-refractivity contribution in [2.45, 2.75) is 58.2 Å². The SMILES string of the molecule is CC1CCC(C)C(NCCCC(F)(F)F)C1. The maximum atomic E-state index is 11.9. The minimum atomic E-state index is -4.01. The van der Waals surface area contributed by atoms with Crippen LogP contribution in [0, 0.1) is 11.8 Å². The zero-order valence-electron chi connectivity index (χ0n) is 10.1. The van der Waals surface area contributed by atoms with Crippen LogP contribution in [0.4, 0.5) is 13.2 Å². The van der Waals surface area contributed by atoms with Crippen molar-refractivity contribution in [3.05, 3.63) is 0 Å². The fourth-order valence-electron chi connectivity index (χ4n) is 2.39. The summed E-state index contributed by atoms with van der Waals surface area (Å²) in [6.45, 7) is 4.89. The highest BCUT2D eigenvalue weighted by atomic mass is 19.4. The first-order valence-corrected chi connectivity index (χ1v) is 6.18. The third-order valence-electron chi connectivity index (χ3n) is 3.50. The van der Waals surface area contributed by atoms with Crippen LogP contribution in [-0.2, 0) is 0 Å². The van der Waals surface area contributed by atoms with Gasteiger partial charge >= 0.3 is 6.18 Å². The average molecular weight is 237 g/mol. The third kappa shape index (κ3) is 5.19. The molecule has 96 valence electrons. The molecule has 0 amide bonds. The van der Waals surface area contributed by atoms with Crippen LogP contribution in [0.2, 0.25) is 0 Å². The molecule has 0 spiro atoms. The van der Waals surface area contributed by atoms with Gasteiger partial charge in [0, 0.05) is 12.5 Å². The first-order valence-electron chi connectivity index (χ1n) is 6.18. The predicted molar refractivity (Wildman–Crippen MR) is 59.3 cm³/mol. The molecule has 1 N–H and O–H groups in total. The van der Waals surface area contributed by atoms with Gasteiger partial charge < -0.3 is 5.32 Å². The monoisotopic (exact) mass is 237 g/mol. The molecular weight excluding hydrogens is 215 g/mol. The van der Waals surface area contributed by atoms with Crippen molar-refractivity contribution in [1.29, 1.82) is 0 Å². The van der Waals surface area contributed by atoms with Crippen LogP contribution >= 0.6 is 0 Å². The second kappa shape index (κ2) is 5.89. The molecule has 1 rings (SSSR count). The topological polar surface area (TPSA) is 12.0 Å². The molecule has 1 aliphatic rings. The quantitative estimate of drug-likeness (QED) is 0.734. The van der Waals surface area contributed by atoms with Gasteiger partial charge in [-0.15, -0.1) is 0 Å². The Hall–Kier alpha value is -0.250. The normalized spacial score (nSPS) is 31.7. The summed E-state index contributed by atoms with van der Waals surface area (Å²) in [4.78, 5) is 0. The molecule has 0 aromatic carbocycles. The lowest BCUT2D eigenvalue weighted by Crippen LogP contribution is -2.40. The number of halogens is 3. The van der Waals surface area contributed by atoms with Crippen LogP contribution in [0.5, 0.6) is 0 Å². The van der Waals surface area contributed by atoms with Gasteiger partial charge in [-0.25, -0.2) is 0 Å². The van der Waals surface area contributed by atoms with Crippen molar-refractivity contribution in [2.75, 3.05) is 6.54 Å². The summed E-state index contributed by atoms with van der Waals surface area (Å²) in [6, 6.07) is 0.414. The molecule has 0 aromatic heterocycles. The Labute approximate surface area is 95.8 Å². The maximum Gasteiger partial charge on any atom is 0.389 e. The van der Waals surface area contributed by atoms with E-state index in [1.54, 1.807) is 0 Å². The summed E-state index contributed by atoms with van der Waals surface area (Å²) < 4.78 is 35.8. The Bertz CT molecular complexity index is 203. The fourth-order valence-corrected chi connectivity index (χ4v) is 2.39. The molecule has 4 heteroatoms. The smallest absolute Gasteiger partial charge is 0.314 e. The summed E-state index contributed by atoms with van der Waals surface area (Å²) in [5.41, 5.74) is 0. The predicted octanol–water partition coefficient (Wildman–Crippen LogP) is 3.74. The molecule has 0 saturated heterocycles. The van der Waals surface area contributed by atoms with E-state index in [0.717, 1.165) is 6.42 Å². The summed E-state index contributed by atoms with van der Waals surface area (Å²) in [5, 5.41) is 3.27. The van der Waals surface area contributed by atoms with Gasteiger partial charge in [-0.3, -0.25) is 0 Å². The number of hydrogen-bond donors (Lipinski definition) is 1. The van der Waals surface area contributed by atoms with E-state index >= 15 is 0 Å². The highest BCUT2D eigenvalue weighted by molar-refractivity contribution is 4.81. The molecule has 16 heavy (non-hydrogen) atoms. The number of nitrogens with one attached hydrogen (secondary N) is 1. The molecule has 1 fully saturated rings. The van der Waals surface area contributed by atoms with E-state index in [1.165, 1.54) is 12.8 Å². The molecule has 3 atom stereocenters. The molecule has 3 unspecified atom stereocenters. The van der Waals surface area contributed by atoms with Crippen molar-refractivity contribution < 1.29 is 13.2 Å². The average Bonchev–Trinajstić information content (AvgIpc) is 2.16. The fraction of sp³-hybridized carbons (Fsp3) is 1.00. The van der Waals surface area contributed by atoms with Crippen molar-refractivity contribution >= 4 is 0 Å². The maximum absolute atomic E-state index is 11.9. The van der Waals surface area contributed by atoms with E-state index in [9.17, 15) is 13.2 Å². The van der Waals surface area contributed by atoms with Crippen LogP contribution < -0.4 is 5.32 Å². The zero-order valence-corrected chi connectivity index (χ0v) is 10.1. The van der Waals surface area contributed by atoms with Crippen LogP contribution in [0.15, 0.2) is 0 Å². The van der Waals surface area contributed by atoms with Gasteiger partial charge in [-0.2, -0.15) is 13.2 Å². The van der Waals surface area contributed by atoms with Crippen LogP contribution in [0.1, 0.15) is 46.0 Å². The molecule has 1 aliphatic carbocycles. The summed E-state index contributed by atoms with van der Waals surface area (Å²) in [5.74, 6) is 1.30. The van der Waals surface area contributed by atoms with E-state index in [2.05, 4.69) is 19.2 Å². The second-order valence-electron chi connectivity index (χ2n) is 5.17. The molecule has 0 bridgehead atoms. The van der Waals surface area contributed by atoms with Gasteiger partial charge in [-0.1, -0.05) is 20.3 Å². The molecule has 0 aromatic rings.